The minimum absolute atomic E-state index is 0.212. The van der Waals surface area contributed by atoms with Gasteiger partial charge in [0.2, 0.25) is 5.91 Å². The second-order valence-electron chi connectivity index (χ2n) is 4.99. The molecule has 0 heterocycles. The first-order valence-electron chi connectivity index (χ1n) is 6.74. The Morgan fingerprint density at radius 2 is 2.22 bits per heavy atom. The Kier molecular flexibility index (Phi) is 4.34. The first-order chi connectivity index (χ1) is 8.70. The fourth-order valence-electron chi connectivity index (χ4n) is 2.11. The molecular formula is C15H20FNO. The van der Waals surface area contributed by atoms with E-state index in [4.69, 9.17) is 0 Å². The van der Waals surface area contributed by atoms with E-state index in [-0.39, 0.29) is 11.7 Å². The lowest BCUT2D eigenvalue weighted by Crippen LogP contribution is -2.32. The third-order valence-corrected chi connectivity index (χ3v) is 3.29. The predicted molar refractivity (Wildman–Crippen MR) is 69.5 cm³/mol. The maximum Gasteiger partial charge on any atom is 0.223 e. The van der Waals surface area contributed by atoms with Crippen molar-refractivity contribution in [1.82, 2.24) is 4.90 Å². The Bertz CT molecular complexity index is 415. The lowest BCUT2D eigenvalue weighted by atomic mass is 10.1. The molecule has 0 unspecified atom stereocenters. The van der Waals surface area contributed by atoms with E-state index in [0.717, 1.165) is 31.2 Å². The summed E-state index contributed by atoms with van der Waals surface area (Å²) in [5.41, 5.74) is 0.881. The zero-order chi connectivity index (χ0) is 13.0. The molecule has 1 saturated carbocycles. The van der Waals surface area contributed by atoms with Crippen LogP contribution in [-0.4, -0.2) is 16.8 Å². The summed E-state index contributed by atoms with van der Waals surface area (Å²) in [5, 5.41) is 0. The van der Waals surface area contributed by atoms with E-state index in [1.165, 1.54) is 12.1 Å². The van der Waals surface area contributed by atoms with Crippen molar-refractivity contribution in [2.24, 2.45) is 0 Å². The van der Waals surface area contributed by atoms with E-state index in [0.29, 0.717) is 19.0 Å². The Balaban J connectivity index is 2.00. The highest BCUT2D eigenvalue weighted by molar-refractivity contribution is 5.76. The number of hydrogen-bond donors (Lipinski definition) is 0. The fourth-order valence-corrected chi connectivity index (χ4v) is 2.11. The smallest absolute Gasteiger partial charge is 0.223 e. The van der Waals surface area contributed by atoms with E-state index >= 15 is 0 Å². The van der Waals surface area contributed by atoms with Crippen molar-refractivity contribution in [3.05, 3.63) is 35.6 Å². The predicted octanol–water partition coefficient (Wildman–Crippen LogP) is 3.51. The molecule has 1 aliphatic rings. The van der Waals surface area contributed by atoms with Crippen LogP contribution in [0, 0.1) is 5.82 Å². The van der Waals surface area contributed by atoms with Gasteiger partial charge in [-0.25, -0.2) is 4.39 Å². The average Bonchev–Trinajstić information content (AvgIpc) is 3.17. The Hall–Kier alpha value is -1.38. The summed E-state index contributed by atoms with van der Waals surface area (Å²) < 4.78 is 13.1. The molecule has 98 valence electrons. The van der Waals surface area contributed by atoms with Crippen LogP contribution in [0.2, 0.25) is 0 Å². The van der Waals surface area contributed by atoms with Gasteiger partial charge in [0.05, 0.1) is 0 Å². The molecule has 1 aromatic rings. The topological polar surface area (TPSA) is 20.3 Å². The number of carbonyl (C=O) groups excluding carboxylic acids is 1. The van der Waals surface area contributed by atoms with E-state index in [1.54, 1.807) is 6.07 Å². The summed E-state index contributed by atoms with van der Waals surface area (Å²) in [7, 11) is 0. The molecule has 0 spiro atoms. The molecule has 2 rings (SSSR count). The van der Waals surface area contributed by atoms with Crippen LogP contribution in [-0.2, 0) is 11.3 Å². The number of amides is 1. The highest BCUT2D eigenvalue weighted by Gasteiger charge is 2.31. The number of benzene rings is 1. The molecule has 0 atom stereocenters. The molecule has 1 aromatic carbocycles. The van der Waals surface area contributed by atoms with Crippen LogP contribution < -0.4 is 0 Å². The van der Waals surface area contributed by atoms with Crippen LogP contribution in [0.4, 0.5) is 4.39 Å². The van der Waals surface area contributed by atoms with Crippen molar-refractivity contribution in [3.63, 3.8) is 0 Å². The van der Waals surface area contributed by atoms with Crippen molar-refractivity contribution in [2.45, 2.75) is 51.6 Å². The number of carbonyl (C=O) groups is 1. The van der Waals surface area contributed by atoms with Gasteiger partial charge >= 0.3 is 0 Å². The maximum atomic E-state index is 13.1. The number of halogens is 1. The van der Waals surface area contributed by atoms with Crippen LogP contribution in [0.5, 0.6) is 0 Å². The second-order valence-corrected chi connectivity index (χ2v) is 4.99. The third-order valence-electron chi connectivity index (χ3n) is 3.29. The largest absolute Gasteiger partial charge is 0.335 e. The number of hydrogen-bond acceptors (Lipinski definition) is 1. The van der Waals surface area contributed by atoms with Gasteiger partial charge in [-0.15, -0.1) is 0 Å². The van der Waals surface area contributed by atoms with Crippen molar-refractivity contribution >= 4 is 5.91 Å². The molecule has 2 nitrogen and oxygen atoms in total. The molecule has 0 aliphatic heterocycles. The first kappa shape index (κ1) is 13.1. The maximum absolute atomic E-state index is 13.1. The molecule has 1 amide bonds. The molecule has 18 heavy (non-hydrogen) atoms. The molecule has 0 saturated heterocycles. The first-order valence-corrected chi connectivity index (χ1v) is 6.74. The van der Waals surface area contributed by atoms with E-state index in [1.807, 2.05) is 11.0 Å². The second kappa shape index (κ2) is 5.98. The van der Waals surface area contributed by atoms with Crippen LogP contribution in [0.1, 0.15) is 44.6 Å². The SMILES string of the molecule is CCCCC(=O)N(Cc1cccc(F)c1)C1CC1. The summed E-state index contributed by atoms with van der Waals surface area (Å²) in [5.74, 6) is -0.0205. The lowest BCUT2D eigenvalue weighted by molar-refractivity contribution is -0.132. The van der Waals surface area contributed by atoms with Crippen molar-refractivity contribution < 1.29 is 9.18 Å². The molecule has 3 heteroatoms. The Morgan fingerprint density at radius 3 is 2.83 bits per heavy atom. The fraction of sp³-hybridized carbons (Fsp3) is 0.533. The van der Waals surface area contributed by atoms with Gasteiger partial charge in [-0.3, -0.25) is 4.79 Å². The number of rotatable bonds is 6. The Morgan fingerprint density at radius 1 is 1.44 bits per heavy atom. The van der Waals surface area contributed by atoms with Crippen LogP contribution in [0.15, 0.2) is 24.3 Å². The number of unbranched alkanes of at least 4 members (excludes halogenated alkanes) is 1. The van der Waals surface area contributed by atoms with Crippen molar-refractivity contribution in [2.75, 3.05) is 0 Å². The van der Waals surface area contributed by atoms with Gasteiger partial charge in [-0.1, -0.05) is 25.5 Å². The molecule has 0 N–H and O–H groups in total. The van der Waals surface area contributed by atoms with Crippen LogP contribution in [0.25, 0.3) is 0 Å². The highest BCUT2D eigenvalue weighted by atomic mass is 19.1. The minimum atomic E-state index is -0.232. The standard InChI is InChI=1S/C15H20FNO/c1-2-3-7-15(18)17(14-8-9-14)11-12-5-4-6-13(16)10-12/h4-6,10,14H,2-3,7-9,11H2,1H3. The average molecular weight is 249 g/mol. The van der Waals surface area contributed by atoms with Gasteiger partial charge < -0.3 is 4.90 Å². The summed E-state index contributed by atoms with van der Waals surface area (Å²) in [4.78, 5) is 14.0. The van der Waals surface area contributed by atoms with Crippen LogP contribution >= 0.6 is 0 Å². The minimum Gasteiger partial charge on any atom is -0.335 e. The lowest BCUT2D eigenvalue weighted by Gasteiger charge is -2.22. The highest BCUT2D eigenvalue weighted by Crippen LogP contribution is 2.29. The summed E-state index contributed by atoms with van der Waals surface area (Å²) in [6.45, 7) is 2.63. The van der Waals surface area contributed by atoms with Gasteiger partial charge in [-0.2, -0.15) is 0 Å². The molecule has 0 aromatic heterocycles. The van der Waals surface area contributed by atoms with E-state index < -0.39 is 0 Å². The monoisotopic (exact) mass is 249 g/mol. The van der Waals surface area contributed by atoms with Crippen LogP contribution in [0.3, 0.4) is 0 Å². The van der Waals surface area contributed by atoms with Gasteiger partial charge in [-0.05, 0) is 37.0 Å². The summed E-state index contributed by atoms with van der Waals surface area (Å²) in [6, 6.07) is 6.92. The Labute approximate surface area is 108 Å². The number of nitrogens with zero attached hydrogens (tertiary/aromatic N) is 1. The summed E-state index contributed by atoms with van der Waals surface area (Å²) >= 11 is 0. The van der Waals surface area contributed by atoms with E-state index in [2.05, 4.69) is 6.92 Å². The summed E-state index contributed by atoms with van der Waals surface area (Å²) in [6.07, 6.45) is 4.76. The third kappa shape index (κ3) is 3.56. The molecular weight excluding hydrogens is 229 g/mol. The van der Waals surface area contributed by atoms with Gasteiger partial charge in [0.25, 0.3) is 0 Å². The normalized spacial score (nSPS) is 14.6. The van der Waals surface area contributed by atoms with E-state index in [9.17, 15) is 9.18 Å². The van der Waals surface area contributed by atoms with Gasteiger partial charge in [0.15, 0.2) is 0 Å². The zero-order valence-electron chi connectivity index (χ0n) is 10.9. The molecule has 1 fully saturated rings. The quantitative estimate of drug-likeness (QED) is 0.755. The van der Waals surface area contributed by atoms with Gasteiger partial charge in [0, 0.05) is 19.0 Å². The van der Waals surface area contributed by atoms with Crippen molar-refractivity contribution in [3.8, 4) is 0 Å². The van der Waals surface area contributed by atoms with Gasteiger partial charge in [0.1, 0.15) is 5.82 Å². The molecule has 0 bridgehead atoms. The zero-order valence-corrected chi connectivity index (χ0v) is 10.9. The molecule has 1 aliphatic carbocycles. The van der Waals surface area contributed by atoms with Crippen molar-refractivity contribution in [1.29, 1.82) is 0 Å². The molecule has 0 radical (unpaired) electrons.